The minimum atomic E-state index is -0.360. The van der Waals surface area contributed by atoms with E-state index in [0.29, 0.717) is 5.75 Å². The number of piperazine rings is 1. The molecule has 0 unspecified atom stereocenters. The fourth-order valence-corrected chi connectivity index (χ4v) is 3.06. The predicted octanol–water partition coefficient (Wildman–Crippen LogP) is 1.37. The summed E-state index contributed by atoms with van der Waals surface area (Å²) in [5.74, 6) is 0.645. The van der Waals surface area contributed by atoms with Crippen molar-refractivity contribution >= 4 is 0 Å². The average Bonchev–Trinajstić information content (AvgIpc) is 2.50. The van der Waals surface area contributed by atoms with Gasteiger partial charge in [-0.25, -0.2) is 0 Å². The van der Waals surface area contributed by atoms with Gasteiger partial charge >= 0.3 is 0 Å². The van der Waals surface area contributed by atoms with Gasteiger partial charge in [0.05, 0.1) is 7.11 Å². The van der Waals surface area contributed by atoms with Crippen LogP contribution >= 0.6 is 0 Å². The number of benzene rings is 1. The Hall–Kier alpha value is -1.30. The second-order valence-corrected chi connectivity index (χ2v) is 6.23. The maximum Gasteiger partial charge on any atom is 0.162 e. The van der Waals surface area contributed by atoms with Gasteiger partial charge in [-0.2, -0.15) is 0 Å². The van der Waals surface area contributed by atoms with Crippen LogP contribution in [0.4, 0.5) is 0 Å². The third-order valence-electron chi connectivity index (χ3n) is 4.21. The van der Waals surface area contributed by atoms with Crippen molar-refractivity contribution in [1.29, 1.82) is 0 Å². The molecule has 0 aliphatic carbocycles. The highest BCUT2D eigenvalue weighted by molar-refractivity contribution is 5.47. The summed E-state index contributed by atoms with van der Waals surface area (Å²) >= 11 is 0. The Morgan fingerprint density at radius 3 is 2.57 bits per heavy atom. The van der Waals surface area contributed by atoms with Gasteiger partial charge < -0.3 is 20.3 Å². The van der Waals surface area contributed by atoms with Crippen molar-refractivity contribution in [3.8, 4) is 11.5 Å². The van der Waals surface area contributed by atoms with E-state index in [1.807, 2.05) is 26.0 Å². The van der Waals surface area contributed by atoms with Crippen LogP contribution in [0.1, 0.15) is 25.5 Å². The number of aliphatic hydroxyl groups excluding tert-OH is 1. The van der Waals surface area contributed by atoms with Crippen LogP contribution in [0.15, 0.2) is 18.2 Å². The van der Waals surface area contributed by atoms with Gasteiger partial charge in [0.1, 0.15) is 0 Å². The van der Waals surface area contributed by atoms with E-state index in [1.54, 1.807) is 13.2 Å². The van der Waals surface area contributed by atoms with Crippen LogP contribution in [0.3, 0.4) is 0 Å². The van der Waals surface area contributed by atoms with E-state index in [-0.39, 0.29) is 23.8 Å². The summed E-state index contributed by atoms with van der Waals surface area (Å²) in [6, 6.07) is 5.50. The number of hydrogen-bond acceptors (Lipinski definition) is 5. The number of methoxy groups -OCH3 is 1. The summed E-state index contributed by atoms with van der Waals surface area (Å²) in [7, 11) is 1.55. The van der Waals surface area contributed by atoms with E-state index in [2.05, 4.69) is 10.2 Å². The molecule has 5 heteroatoms. The van der Waals surface area contributed by atoms with E-state index in [0.717, 1.165) is 31.7 Å². The summed E-state index contributed by atoms with van der Waals surface area (Å²) in [5.41, 5.74) is 0.455. The summed E-state index contributed by atoms with van der Waals surface area (Å²) in [5, 5.41) is 23.7. The van der Waals surface area contributed by atoms with Crippen molar-refractivity contribution in [3.63, 3.8) is 0 Å². The van der Waals surface area contributed by atoms with Crippen LogP contribution in [-0.4, -0.2) is 55.0 Å². The van der Waals surface area contributed by atoms with Crippen LogP contribution in [0.2, 0.25) is 0 Å². The number of rotatable bonds is 5. The van der Waals surface area contributed by atoms with E-state index >= 15 is 0 Å². The molecule has 0 radical (unpaired) electrons. The molecule has 0 spiro atoms. The Morgan fingerprint density at radius 2 is 2.00 bits per heavy atom. The first-order valence-electron chi connectivity index (χ1n) is 7.42. The van der Waals surface area contributed by atoms with E-state index in [4.69, 9.17) is 4.74 Å². The number of ether oxygens (including phenoxy) is 1. The lowest BCUT2D eigenvalue weighted by Crippen LogP contribution is -2.49. The first-order valence-corrected chi connectivity index (χ1v) is 7.42. The molecule has 1 saturated heterocycles. The first kappa shape index (κ1) is 16.1. The van der Waals surface area contributed by atoms with Gasteiger partial charge in [0.15, 0.2) is 11.5 Å². The minimum absolute atomic E-state index is 0.0538. The Bertz CT molecular complexity index is 471. The molecule has 1 aromatic rings. The topological polar surface area (TPSA) is 65.0 Å². The molecule has 0 bridgehead atoms. The largest absolute Gasteiger partial charge is 0.504 e. The normalized spacial score (nSPS) is 18.5. The highest BCUT2D eigenvalue weighted by atomic mass is 16.5. The molecule has 0 amide bonds. The van der Waals surface area contributed by atoms with Crippen molar-refractivity contribution < 1.29 is 14.9 Å². The SMILES string of the molecule is COc1cccc([C@H](N2CCNCC2)C(C)(C)CO)c1O. The van der Waals surface area contributed by atoms with Gasteiger partial charge in [0.25, 0.3) is 0 Å². The number of nitrogens with one attached hydrogen (secondary N) is 1. The van der Waals surface area contributed by atoms with E-state index < -0.39 is 0 Å². The number of nitrogens with zero attached hydrogens (tertiary/aromatic N) is 1. The Morgan fingerprint density at radius 1 is 1.33 bits per heavy atom. The van der Waals surface area contributed by atoms with Gasteiger partial charge in [0.2, 0.25) is 0 Å². The molecular weight excluding hydrogens is 268 g/mol. The quantitative estimate of drug-likeness (QED) is 0.765. The molecule has 3 N–H and O–H groups in total. The molecule has 1 aromatic carbocycles. The first-order chi connectivity index (χ1) is 10.0. The lowest BCUT2D eigenvalue weighted by molar-refractivity contribution is 0.0291. The molecule has 5 nitrogen and oxygen atoms in total. The lowest BCUT2D eigenvalue weighted by atomic mass is 9.79. The van der Waals surface area contributed by atoms with Crippen LogP contribution in [0.25, 0.3) is 0 Å². The maximum atomic E-state index is 10.5. The second-order valence-electron chi connectivity index (χ2n) is 6.23. The zero-order chi connectivity index (χ0) is 15.5. The van der Waals surface area contributed by atoms with Gasteiger partial charge in [-0.15, -0.1) is 0 Å². The number of phenols is 1. The second kappa shape index (κ2) is 6.64. The molecule has 1 aliphatic rings. The molecular formula is C16H26N2O3. The monoisotopic (exact) mass is 294 g/mol. The molecule has 1 heterocycles. The van der Waals surface area contributed by atoms with Gasteiger partial charge in [-0.05, 0) is 6.07 Å². The predicted molar refractivity (Wildman–Crippen MR) is 82.7 cm³/mol. The summed E-state index contributed by atoms with van der Waals surface area (Å²) < 4.78 is 5.23. The summed E-state index contributed by atoms with van der Waals surface area (Å²) in [6.45, 7) is 7.73. The van der Waals surface area contributed by atoms with Gasteiger partial charge in [-0.3, -0.25) is 4.90 Å². The van der Waals surface area contributed by atoms with Crippen molar-refractivity contribution in [3.05, 3.63) is 23.8 Å². The standard InChI is InChI=1S/C16H26N2O3/c1-16(2,11-19)15(18-9-7-17-8-10-18)12-5-4-6-13(21-3)14(12)20/h4-6,15,17,19-20H,7-11H2,1-3H3/t15-/m0/s1. The van der Waals surface area contributed by atoms with Crippen LogP contribution in [-0.2, 0) is 0 Å². The molecule has 21 heavy (non-hydrogen) atoms. The number of aromatic hydroxyl groups is 1. The zero-order valence-corrected chi connectivity index (χ0v) is 13.1. The van der Waals surface area contributed by atoms with E-state index in [9.17, 15) is 10.2 Å². The van der Waals surface area contributed by atoms with Crippen molar-refractivity contribution in [2.24, 2.45) is 5.41 Å². The summed E-state index contributed by atoms with van der Waals surface area (Å²) in [4.78, 5) is 2.32. The average molecular weight is 294 g/mol. The molecule has 118 valence electrons. The van der Waals surface area contributed by atoms with Gasteiger partial charge in [0, 0.05) is 49.8 Å². The smallest absolute Gasteiger partial charge is 0.162 e. The van der Waals surface area contributed by atoms with Crippen molar-refractivity contribution in [1.82, 2.24) is 10.2 Å². The minimum Gasteiger partial charge on any atom is -0.504 e. The van der Waals surface area contributed by atoms with Crippen LogP contribution in [0.5, 0.6) is 11.5 Å². The molecule has 1 aliphatic heterocycles. The highest BCUT2D eigenvalue weighted by Crippen LogP contribution is 2.44. The van der Waals surface area contributed by atoms with Crippen LogP contribution < -0.4 is 10.1 Å². The number of aliphatic hydroxyl groups is 1. The zero-order valence-electron chi connectivity index (χ0n) is 13.1. The lowest BCUT2D eigenvalue weighted by Gasteiger charge is -2.43. The number of hydrogen-bond donors (Lipinski definition) is 3. The van der Waals surface area contributed by atoms with Crippen LogP contribution in [0, 0.1) is 5.41 Å². The van der Waals surface area contributed by atoms with E-state index in [1.165, 1.54) is 0 Å². The fraction of sp³-hybridized carbons (Fsp3) is 0.625. The van der Waals surface area contributed by atoms with Gasteiger partial charge in [-0.1, -0.05) is 26.0 Å². The maximum absolute atomic E-state index is 10.5. The highest BCUT2D eigenvalue weighted by Gasteiger charge is 2.37. The molecule has 0 aromatic heterocycles. The van der Waals surface area contributed by atoms with Crippen molar-refractivity contribution in [2.45, 2.75) is 19.9 Å². The number of para-hydroxylation sites is 1. The molecule has 1 fully saturated rings. The molecule has 1 atom stereocenters. The molecule has 0 saturated carbocycles. The third-order valence-corrected chi connectivity index (χ3v) is 4.21. The number of phenolic OH excluding ortho intramolecular Hbond substituents is 1. The fourth-order valence-electron chi connectivity index (χ4n) is 3.06. The Kier molecular flexibility index (Phi) is 5.08. The Labute approximate surface area is 126 Å². The third kappa shape index (κ3) is 3.31. The Balaban J connectivity index is 2.44. The van der Waals surface area contributed by atoms with Crippen molar-refractivity contribution in [2.75, 3.05) is 39.9 Å². The summed E-state index contributed by atoms with van der Waals surface area (Å²) in [6.07, 6.45) is 0. The molecule has 2 rings (SSSR count).